The molecule has 13 heavy (non-hydrogen) atoms. The van der Waals surface area contributed by atoms with Gasteiger partial charge in [-0.15, -0.1) is 0 Å². The van der Waals surface area contributed by atoms with Gasteiger partial charge in [-0.1, -0.05) is 6.08 Å². The minimum absolute atomic E-state index is 0.0346. The monoisotopic (exact) mass is 176 g/mol. The van der Waals surface area contributed by atoms with Crippen LogP contribution in [0, 0.1) is 12.8 Å². The summed E-state index contributed by atoms with van der Waals surface area (Å²) in [5.74, 6) is 1.16. The molecule has 1 atom stereocenters. The Balaban J connectivity index is 2.54. The molecule has 1 aliphatic rings. The number of hydrogen-bond donors (Lipinski definition) is 1. The van der Waals surface area contributed by atoms with E-state index in [1.54, 1.807) is 6.92 Å². The van der Waals surface area contributed by atoms with E-state index >= 15 is 0 Å². The van der Waals surface area contributed by atoms with Crippen molar-refractivity contribution in [2.45, 2.75) is 20.3 Å². The van der Waals surface area contributed by atoms with Crippen molar-refractivity contribution in [3.63, 3.8) is 0 Å². The minimum atomic E-state index is 0.0346. The van der Waals surface area contributed by atoms with Gasteiger partial charge in [-0.05, 0) is 26.3 Å². The Morgan fingerprint density at radius 3 is 3.15 bits per heavy atom. The number of nitrogens with zero attached hydrogens (tertiary/aromatic N) is 1. The van der Waals surface area contributed by atoms with Crippen LogP contribution >= 0.6 is 0 Å². The van der Waals surface area contributed by atoms with E-state index in [1.165, 1.54) is 0 Å². The van der Waals surface area contributed by atoms with Crippen LogP contribution in [0.3, 0.4) is 0 Å². The molecule has 1 heterocycles. The van der Waals surface area contributed by atoms with E-state index in [9.17, 15) is 4.79 Å². The number of imidazole rings is 1. The molecule has 0 saturated heterocycles. The Labute approximate surface area is 76.2 Å². The Kier molecular flexibility index (Phi) is 1.79. The first kappa shape index (κ1) is 8.23. The molecule has 68 valence electrons. The van der Waals surface area contributed by atoms with Crippen LogP contribution in [0.4, 0.5) is 0 Å². The lowest BCUT2D eigenvalue weighted by atomic mass is 9.98. The first-order chi connectivity index (χ1) is 6.16. The van der Waals surface area contributed by atoms with Gasteiger partial charge in [0.2, 0.25) is 0 Å². The van der Waals surface area contributed by atoms with Crippen LogP contribution < -0.4 is 10.7 Å². The molecule has 0 aliphatic heterocycles. The van der Waals surface area contributed by atoms with Crippen LogP contribution in [-0.2, 0) is 4.79 Å². The maximum atomic E-state index is 11.1. The fourth-order valence-electron chi connectivity index (χ4n) is 1.60. The highest BCUT2D eigenvalue weighted by atomic mass is 16.1. The van der Waals surface area contributed by atoms with Crippen molar-refractivity contribution < 1.29 is 4.79 Å². The number of carbonyl (C=O) groups is 1. The predicted octanol–water partition coefficient (Wildman–Crippen LogP) is -0.112. The summed E-state index contributed by atoms with van der Waals surface area (Å²) in [5, 5.41) is 1.97. The van der Waals surface area contributed by atoms with E-state index in [0.717, 1.165) is 22.9 Å². The first-order valence-corrected chi connectivity index (χ1v) is 4.42. The number of aromatic nitrogens is 2. The molecule has 3 heteroatoms. The normalized spacial score (nSPS) is 20.0. The second kappa shape index (κ2) is 2.83. The predicted molar refractivity (Wildman–Crippen MR) is 50.3 cm³/mol. The zero-order valence-electron chi connectivity index (χ0n) is 7.79. The van der Waals surface area contributed by atoms with Crippen molar-refractivity contribution in [1.82, 2.24) is 9.97 Å². The van der Waals surface area contributed by atoms with Crippen LogP contribution in [0.5, 0.6) is 0 Å². The van der Waals surface area contributed by atoms with Gasteiger partial charge in [-0.2, -0.15) is 0 Å². The molecule has 1 N–H and O–H groups in total. The quantitative estimate of drug-likeness (QED) is 0.649. The number of nitrogens with one attached hydrogen (secondary N) is 1. The molecule has 0 aromatic carbocycles. The molecule has 2 rings (SSSR count). The van der Waals surface area contributed by atoms with Crippen molar-refractivity contribution >= 4 is 17.9 Å². The van der Waals surface area contributed by atoms with Crippen molar-refractivity contribution in [3.05, 3.63) is 16.5 Å². The standard InChI is InChI=1S/C10H12N2O/c1-6(13)8-3-4-9-10(5-8)12-7(2)11-9/h4-5,8H,3H2,1-2H3,(H,11,12). The molecule has 1 unspecified atom stereocenters. The van der Waals surface area contributed by atoms with Gasteiger partial charge in [0.05, 0.1) is 10.7 Å². The lowest BCUT2D eigenvalue weighted by Gasteiger charge is -2.06. The first-order valence-electron chi connectivity index (χ1n) is 4.42. The fraction of sp³-hybridized carbons (Fsp3) is 0.400. The Hall–Kier alpha value is -1.38. The number of aryl methyl sites for hydroxylation is 1. The molecule has 0 spiro atoms. The molecular weight excluding hydrogens is 164 g/mol. The smallest absolute Gasteiger partial charge is 0.137 e. The molecule has 0 amide bonds. The summed E-state index contributed by atoms with van der Waals surface area (Å²) in [5.41, 5.74) is 0. The number of aromatic amines is 1. The second-order valence-corrected chi connectivity index (χ2v) is 3.44. The van der Waals surface area contributed by atoms with Gasteiger partial charge >= 0.3 is 0 Å². The maximum absolute atomic E-state index is 11.1. The summed E-state index contributed by atoms with van der Waals surface area (Å²) in [4.78, 5) is 18.6. The van der Waals surface area contributed by atoms with Crippen molar-refractivity contribution in [3.8, 4) is 0 Å². The number of ketones is 1. The van der Waals surface area contributed by atoms with E-state index in [4.69, 9.17) is 0 Å². The maximum Gasteiger partial charge on any atom is 0.137 e. The molecule has 1 aliphatic carbocycles. The highest BCUT2D eigenvalue weighted by Crippen LogP contribution is 2.08. The zero-order chi connectivity index (χ0) is 9.42. The van der Waals surface area contributed by atoms with Crippen LogP contribution in [-0.4, -0.2) is 15.8 Å². The molecule has 3 nitrogen and oxygen atoms in total. The number of fused-ring (bicyclic) bond motifs is 1. The molecule has 0 fully saturated rings. The third-order valence-electron chi connectivity index (χ3n) is 2.33. The van der Waals surface area contributed by atoms with Gasteiger partial charge < -0.3 is 4.98 Å². The minimum Gasteiger partial charge on any atom is -0.342 e. The molecule has 1 aromatic heterocycles. The topological polar surface area (TPSA) is 45.8 Å². The summed E-state index contributed by atoms with van der Waals surface area (Å²) < 4.78 is 0. The van der Waals surface area contributed by atoms with E-state index in [1.807, 2.05) is 19.1 Å². The van der Waals surface area contributed by atoms with Gasteiger partial charge in [-0.25, -0.2) is 4.98 Å². The molecule has 0 saturated carbocycles. The van der Waals surface area contributed by atoms with Gasteiger partial charge in [0.15, 0.2) is 0 Å². The SMILES string of the molecule is CC(=O)C1C=c2[nH]c(C)nc2=CC1. The summed E-state index contributed by atoms with van der Waals surface area (Å²) in [6.07, 6.45) is 4.77. The van der Waals surface area contributed by atoms with E-state index in [0.29, 0.717) is 0 Å². The lowest BCUT2D eigenvalue weighted by Crippen LogP contribution is -2.30. The summed E-state index contributed by atoms with van der Waals surface area (Å²) in [7, 11) is 0. The summed E-state index contributed by atoms with van der Waals surface area (Å²) >= 11 is 0. The fourth-order valence-corrected chi connectivity index (χ4v) is 1.60. The molecule has 1 aromatic rings. The molecular formula is C10H12N2O. The average molecular weight is 176 g/mol. The number of H-pyrrole nitrogens is 1. The Morgan fingerprint density at radius 2 is 2.46 bits per heavy atom. The average Bonchev–Trinajstić information content (AvgIpc) is 2.42. The number of carbonyl (C=O) groups excluding carboxylic acids is 1. The molecule has 0 radical (unpaired) electrons. The van der Waals surface area contributed by atoms with E-state index in [-0.39, 0.29) is 11.7 Å². The van der Waals surface area contributed by atoms with Crippen LogP contribution in [0.1, 0.15) is 19.2 Å². The van der Waals surface area contributed by atoms with Gasteiger partial charge in [0.1, 0.15) is 11.6 Å². The van der Waals surface area contributed by atoms with Crippen molar-refractivity contribution in [2.24, 2.45) is 5.92 Å². The third-order valence-corrected chi connectivity index (χ3v) is 2.33. The number of rotatable bonds is 1. The van der Waals surface area contributed by atoms with Gasteiger partial charge in [0.25, 0.3) is 0 Å². The van der Waals surface area contributed by atoms with Gasteiger partial charge in [0, 0.05) is 5.92 Å². The van der Waals surface area contributed by atoms with Crippen molar-refractivity contribution in [2.75, 3.05) is 0 Å². The lowest BCUT2D eigenvalue weighted by molar-refractivity contribution is -0.118. The largest absolute Gasteiger partial charge is 0.342 e. The Bertz CT molecular complexity index is 456. The summed E-state index contributed by atoms with van der Waals surface area (Å²) in [6, 6.07) is 0. The highest BCUT2D eigenvalue weighted by molar-refractivity contribution is 5.85. The number of hydrogen-bond acceptors (Lipinski definition) is 2. The summed E-state index contributed by atoms with van der Waals surface area (Å²) in [6.45, 7) is 3.55. The van der Waals surface area contributed by atoms with Gasteiger partial charge in [-0.3, -0.25) is 4.79 Å². The number of Topliss-reactive ketones (excluding diaryl/α,β-unsaturated/α-hetero) is 1. The highest BCUT2D eigenvalue weighted by Gasteiger charge is 2.13. The van der Waals surface area contributed by atoms with Crippen LogP contribution in [0.2, 0.25) is 0 Å². The Morgan fingerprint density at radius 1 is 1.69 bits per heavy atom. The van der Waals surface area contributed by atoms with Crippen LogP contribution in [0.15, 0.2) is 0 Å². The molecule has 0 bridgehead atoms. The zero-order valence-corrected chi connectivity index (χ0v) is 7.79. The van der Waals surface area contributed by atoms with E-state index < -0.39 is 0 Å². The second-order valence-electron chi connectivity index (χ2n) is 3.44. The third kappa shape index (κ3) is 1.41. The van der Waals surface area contributed by atoms with E-state index in [2.05, 4.69) is 9.97 Å². The van der Waals surface area contributed by atoms with Crippen molar-refractivity contribution in [1.29, 1.82) is 0 Å². The van der Waals surface area contributed by atoms with Crippen LogP contribution in [0.25, 0.3) is 12.2 Å².